The van der Waals surface area contributed by atoms with Crippen LogP contribution in [0.2, 0.25) is 5.02 Å². The van der Waals surface area contributed by atoms with Crippen molar-refractivity contribution in [1.82, 2.24) is 10.2 Å². The lowest BCUT2D eigenvalue weighted by Crippen LogP contribution is -2.48. The third-order valence-electron chi connectivity index (χ3n) is 4.87. The van der Waals surface area contributed by atoms with Crippen molar-refractivity contribution in [2.45, 2.75) is 32.2 Å². The van der Waals surface area contributed by atoms with Gasteiger partial charge >= 0.3 is 0 Å². The minimum Gasteiger partial charge on any atom is -0.484 e. The molecule has 0 saturated carbocycles. The zero-order valence-corrected chi connectivity index (χ0v) is 16.7. The molecule has 0 atom stereocenters. The fourth-order valence-corrected chi connectivity index (χ4v) is 3.34. The molecule has 0 aliphatic carbocycles. The topological polar surface area (TPSA) is 58.6 Å². The number of amides is 2. The normalized spacial score (nSPS) is 14.6. The molecule has 148 valence electrons. The van der Waals surface area contributed by atoms with Crippen LogP contribution in [0, 0.1) is 6.92 Å². The third kappa shape index (κ3) is 5.99. The summed E-state index contributed by atoms with van der Waals surface area (Å²) in [4.78, 5) is 26.4. The molecule has 1 saturated heterocycles. The van der Waals surface area contributed by atoms with Gasteiger partial charge in [-0.2, -0.15) is 0 Å². The van der Waals surface area contributed by atoms with Gasteiger partial charge in [-0.25, -0.2) is 0 Å². The number of piperidine rings is 1. The summed E-state index contributed by atoms with van der Waals surface area (Å²) < 4.78 is 5.57. The molecule has 6 heteroatoms. The van der Waals surface area contributed by atoms with E-state index in [1.807, 2.05) is 43.3 Å². The van der Waals surface area contributed by atoms with Crippen LogP contribution in [0.4, 0.5) is 0 Å². The molecule has 1 N–H and O–H groups in total. The van der Waals surface area contributed by atoms with E-state index in [1.54, 1.807) is 17.0 Å². The van der Waals surface area contributed by atoms with Gasteiger partial charge in [0.2, 0.25) is 5.91 Å². The minimum absolute atomic E-state index is 0.00481. The van der Waals surface area contributed by atoms with E-state index >= 15 is 0 Å². The van der Waals surface area contributed by atoms with Gasteiger partial charge in [-0.3, -0.25) is 9.59 Å². The number of rotatable bonds is 6. The predicted molar refractivity (Wildman–Crippen MR) is 110 cm³/mol. The number of nitrogens with one attached hydrogen (secondary N) is 1. The van der Waals surface area contributed by atoms with Gasteiger partial charge in [0.25, 0.3) is 5.91 Å². The number of benzene rings is 2. The maximum Gasteiger partial charge on any atom is 0.260 e. The smallest absolute Gasteiger partial charge is 0.260 e. The molecule has 1 aliphatic heterocycles. The molecule has 28 heavy (non-hydrogen) atoms. The van der Waals surface area contributed by atoms with E-state index in [1.165, 1.54) is 0 Å². The predicted octanol–water partition coefficient (Wildman–Crippen LogP) is 3.38. The van der Waals surface area contributed by atoms with Crippen LogP contribution >= 0.6 is 11.6 Å². The Morgan fingerprint density at radius 1 is 1.07 bits per heavy atom. The lowest BCUT2D eigenvalue weighted by molar-refractivity contribution is -0.134. The van der Waals surface area contributed by atoms with Crippen LogP contribution in [-0.2, 0) is 16.0 Å². The fraction of sp³-hybridized carbons (Fsp3) is 0.364. The maximum absolute atomic E-state index is 12.3. The Balaban J connectivity index is 1.38. The minimum atomic E-state index is -0.0217. The van der Waals surface area contributed by atoms with Crippen molar-refractivity contribution < 1.29 is 14.3 Å². The molecular weight excluding hydrogens is 376 g/mol. The number of carbonyl (C=O) groups is 2. The Hall–Kier alpha value is -2.53. The van der Waals surface area contributed by atoms with E-state index < -0.39 is 0 Å². The number of aryl methyl sites for hydroxylation is 1. The average molecular weight is 401 g/mol. The Morgan fingerprint density at radius 2 is 1.71 bits per heavy atom. The van der Waals surface area contributed by atoms with E-state index in [0.29, 0.717) is 30.3 Å². The Bertz CT molecular complexity index is 798. The molecular formula is C22H25ClN2O3. The van der Waals surface area contributed by atoms with Crippen molar-refractivity contribution >= 4 is 23.4 Å². The highest BCUT2D eigenvalue weighted by Crippen LogP contribution is 2.14. The van der Waals surface area contributed by atoms with Crippen molar-refractivity contribution in [3.8, 4) is 5.75 Å². The quantitative estimate of drug-likeness (QED) is 0.808. The van der Waals surface area contributed by atoms with Gasteiger partial charge in [0.15, 0.2) is 6.61 Å². The van der Waals surface area contributed by atoms with Gasteiger partial charge in [-0.15, -0.1) is 0 Å². The summed E-state index contributed by atoms with van der Waals surface area (Å²) in [6, 6.07) is 15.0. The number of halogens is 1. The Kier molecular flexibility index (Phi) is 6.93. The van der Waals surface area contributed by atoms with Gasteiger partial charge in [0.1, 0.15) is 5.75 Å². The second-order valence-electron chi connectivity index (χ2n) is 7.13. The molecule has 0 radical (unpaired) electrons. The molecule has 3 rings (SSSR count). The maximum atomic E-state index is 12.3. The highest BCUT2D eigenvalue weighted by molar-refractivity contribution is 6.30. The van der Waals surface area contributed by atoms with Crippen molar-refractivity contribution in [2.75, 3.05) is 19.7 Å². The lowest BCUT2D eigenvalue weighted by atomic mass is 10.0. The van der Waals surface area contributed by atoms with E-state index in [9.17, 15) is 9.59 Å². The zero-order chi connectivity index (χ0) is 19.9. The molecule has 0 bridgehead atoms. The van der Waals surface area contributed by atoms with Crippen LogP contribution < -0.4 is 10.1 Å². The van der Waals surface area contributed by atoms with E-state index in [-0.39, 0.29) is 24.5 Å². The first-order valence-electron chi connectivity index (χ1n) is 9.50. The third-order valence-corrected chi connectivity index (χ3v) is 5.13. The van der Waals surface area contributed by atoms with Gasteiger partial charge in [0, 0.05) is 24.2 Å². The lowest BCUT2D eigenvalue weighted by Gasteiger charge is -2.32. The number of hydrogen-bond donors (Lipinski definition) is 1. The van der Waals surface area contributed by atoms with Gasteiger partial charge in [-0.1, -0.05) is 41.4 Å². The van der Waals surface area contributed by atoms with Crippen molar-refractivity contribution in [1.29, 1.82) is 0 Å². The molecule has 0 spiro atoms. The molecule has 1 heterocycles. The van der Waals surface area contributed by atoms with Crippen molar-refractivity contribution in [2.24, 2.45) is 0 Å². The van der Waals surface area contributed by atoms with Crippen LogP contribution in [0.25, 0.3) is 0 Å². The number of nitrogens with zero attached hydrogens (tertiary/aromatic N) is 1. The molecule has 2 amide bonds. The first-order chi connectivity index (χ1) is 13.5. The number of ether oxygens (including phenoxy) is 1. The Morgan fingerprint density at radius 3 is 2.36 bits per heavy atom. The van der Waals surface area contributed by atoms with Gasteiger partial charge in [-0.05, 0) is 49.6 Å². The highest BCUT2D eigenvalue weighted by Gasteiger charge is 2.24. The van der Waals surface area contributed by atoms with Gasteiger partial charge < -0.3 is 15.0 Å². The molecule has 1 fully saturated rings. The Labute approximate surface area is 170 Å². The van der Waals surface area contributed by atoms with Crippen LogP contribution in [0.1, 0.15) is 24.0 Å². The number of hydrogen-bond acceptors (Lipinski definition) is 3. The van der Waals surface area contributed by atoms with E-state index in [4.69, 9.17) is 16.3 Å². The van der Waals surface area contributed by atoms with Crippen molar-refractivity contribution in [3.63, 3.8) is 0 Å². The molecule has 0 aromatic heterocycles. The average Bonchev–Trinajstić information content (AvgIpc) is 2.69. The zero-order valence-electron chi connectivity index (χ0n) is 16.0. The van der Waals surface area contributed by atoms with Gasteiger partial charge in [0.05, 0.1) is 6.42 Å². The summed E-state index contributed by atoms with van der Waals surface area (Å²) in [5.74, 6) is 0.671. The second-order valence-corrected chi connectivity index (χ2v) is 7.56. The summed E-state index contributed by atoms with van der Waals surface area (Å²) >= 11 is 5.86. The first-order valence-corrected chi connectivity index (χ1v) is 9.88. The fourth-order valence-electron chi connectivity index (χ4n) is 3.21. The van der Waals surface area contributed by atoms with E-state index in [2.05, 4.69) is 5.32 Å². The summed E-state index contributed by atoms with van der Waals surface area (Å²) in [5, 5.41) is 3.72. The monoisotopic (exact) mass is 400 g/mol. The molecule has 2 aromatic rings. The standard InChI is InChI=1S/C22H25ClN2O3/c1-16-2-8-20(9-3-16)28-15-22(27)25-12-10-19(11-13-25)24-21(26)14-17-4-6-18(23)7-5-17/h2-9,19H,10-15H2,1H3,(H,24,26). The second kappa shape index (κ2) is 9.60. The molecule has 0 unspecified atom stereocenters. The van der Waals surface area contributed by atoms with Crippen LogP contribution in [0.15, 0.2) is 48.5 Å². The molecule has 5 nitrogen and oxygen atoms in total. The highest BCUT2D eigenvalue weighted by atomic mass is 35.5. The first kappa shape index (κ1) is 20.2. The SMILES string of the molecule is Cc1ccc(OCC(=O)N2CCC(NC(=O)Cc3ccc(Cl)cc3)CC2)cc1. The summed E-state index contributed by atoms with van der Waals surface area (Å²) in [7, 11) is 0. The number of carbonyl (C=O) groups excluding carboxylic acids is 2. The number of likely N-dealkylation sites (tertiary alicyclic amines) is 1. The summed E-state index contributed by atoms with van der Waals surface area (Å²) in [6.45, 7) is 3.30. The largest absolute Gasteiger partial charge is 0.484 e. The molecule has 1 aliphatic rings. The molecule has 2 aromatic carbocycles. The van der Waals surface area contributed by atoms with Crippen LogP contribution in [-0.4, -0.2) is 42.5 Å². The van der Waals surface area contributed by atoms with Crippen molar-refractivity contribution in [3.05, 3.63) is 64.7 Å². The van der Waals surface area contributed by atoms with Crippen LogP contribution in [0.3, 0.4) is 0 Å². The van der Waals surface area contributed by atoms with Crippen LogP contribution in [0.5, 0.6) is 5.75 Å². The summed E-state index contributed by atoms with van der Waals surface area (Å²) in [6.07, 6.45) is 1.84. The van der Waals surface area contributed by atoms with E-state index in [0.717, 1.165) is 24.0 Å². The summed E-state index contributed by atoms with van der Waals surface area (Å²) in [5.41, 5.74) is 2.08.